The van der Waals surface area contributed by atoms with Gasteiger partial charge in [-0.1, -0.05) is 39.7 Å². The molecule has 6 heteroatoms. The number of rotatable bonds is 2. The summed E-state index contributed by atoms with van der Waals surface area (Å²) in [6.07, 6.45) is 0. The van der Waals surface area contributed by atoms with Gasteiger partial charge in [0.05, 0.1) is 10.7 Å². The Morgan fingerprint density at radius 3 is 2.77 bits per heavy atom. The molecule has 3 aromatic rings. The number of halogens is 3. The van der Waals surface area contributed by atoms with Gasteiger partial charge in [0, 0.05) is 14.6 Å². The monoisotopic (exact) mass is 397 g/mol. The van der Waals surface area contributed by atoms with Crippen molar-refractivity contribution in [3.05, 3.63) is 62.2 Å². The number of hydrogen-bond acceptors (Lipinski definition) is 2. The summed E-state index contributed by atoms with van der Waals surface area (Å²) in [5.74, 6) is -0.916. The Hall–Kier alpha value is -1.43. The van der Waals surface area contributed by atoms with Crippen LogP contribution in [-0.4, -0.2) is 5.91 Å². The first-order chi connectivity index (χ1) is 10.5. The average molecular weight is 399 g/mol. The molecular weight excluding hydrogens is 389 g/mol. The lowest BCUT2D eigenvalue weighted by molar-refractivity contribution is 0.103. The van der Waals surface area contributed by atoms with Gasteiger partial charge in [-0.15, -0.1) is 11.3 Å². The Balaban J connectivity index is 1.97. The lowest BCUT2D eigenvalue weighted by Crippen LogP contribution is -2.11. The lowest BCUT2D eigenvalue weighted by atomic mass is 10.2. The largest absolute Gasteiger partial charge is 0.319 e. The summed E-state index contributed by atoms with van der Waals surface area (Å²) >= 11 is 10.8. The van der Waals surface area contributed by atoms with E-state index in [1.165, 1.54) is 23.5 Å². The predicted molar refractivity (Wildman–Crippen MR) is 93.6 cm³/mol. The van der Waals surface area contributed by atoms with Gasteiger partial charge in [-0.05, 0) is 36.8 Å². The van der Waals surface area contributed by atoms with Crippen molar-refractivity contribution in [3.8, 4) is 0 Å². The summed E-state index contributed by atoms with van der Waals surface area (Å²) in [7, 11) is 0. The number of hydrogen-bond donors (Lipinski definition) is 1. The van der Waals surface area contributed by atoms with Crippen LogP contribution < -0.4 is 5.32 Å². The van der Waals surface area contributed by atoms with Crippen molar-refractivity contribution in [1.29, 1.82) is 0 Å². The molecule has 0 fully saturated rings. The van der Waals surface area contributed by atoms with E-state index in [9.17, 15) is 9.18 Å². The summed E-state index contributed by atoms with van der Waals surface area (Å²) in [5, 5.41) is 3.79. The Labute approximate surface area is 144 Å². The lowest BCUT2D eigenvalue weighted by Gasteiger charge is -2.05. The maximum atomic E-state index is 13.8. The minimum atomic E-state index is -0.504. The fourth-order valence-electron chi connectivity index (χ4n) is 2.09. The van der Waals surface area contributed by atoms with Crippen LogP contribution >= 0.6 is 38.9 Å². The van der Waals surface area contributed by atoms with Gasteiger partial charge in [-0.25, -0.2) is 4.39 Å². The fraction of sp³-hybridized carbons (Fsp3) is 0.0625. The zero-order chi connectivity index (χ0) is 15.9. The summed E-state index contributed by atoms with van der Waals surface area (Å²) in [6.45, 7) is 1.98. The first-order valence-electron chi connectivity index (χ1n) is 6.41. The highest BCUT2D eigenvalue weighted by molar-refractivity contribution is 9.10. The smallest absolute Gasteiger partial charge is 0.267 e. The Kier molecular flexibility index (Phi) is 4.21. The van der Waals surface area contributed by atoms with Crippen LogP contribution in [0.1, 0.15) is 15.2 Å². The van der Waals surface area contributed by atoms with Crippen molar-refractivity contribution in [1.82, 2.24) is 0 Å². The zero-order valence-corrected chi connectivity index (χ0v) is 14.6. The molecule has 112 valence electrons. The van der Waals surface area contributed by atoms with Gasteiger partial charge in [0.15, 0.2) is 0 Å². The average Bonchev–Trinajstić information content (AvgIpc) is 2.78. The molecule has 0 aliphatic carbocycles. The Morgan fingerprint density at radius 2 is 2.05 bits per heavy atom. The predicted octanol–water partition coefficient (Wildman–Crippen LogP) is 6.02. The third-order valence-corrected chi connectivity index (χ3v) is 5.32. The number of nitrogens with one attached hydrogen (secondary N) is 1. The molecule has 1 aromatic heterocycles. The van der Waals surface area contributed by atoms with Gasteiger partial charge in [0.25, 0.3) is 5.91 Å². The van der Waals surface area contributed by atoms with Gasteiger partial charge in [-0.3, -0.25) is 4.79 Å². The maximum Gasteiger partial charge on any atom is 0.267 e. The fourth-order valence-corrected chi connectivity index (χ4v) is 3.93. The highest BCUT2D eigenvalue weighted by Crippen LogP contribution is 2.36. The highest BCUT2D eigenvalue weighted by atomic mass is 79.9. The summed E-state index contributed by atoms with van der Waals surface area (Å²) in [4.78, 5) is 12.7. The minimum Gasteiger partial charge on any atom is -0.319 e. The second kappa shape index (κ2) is 5.99. The molecule has 1 amide bonds. The standard InChI is InChI=1S/C16H10BrClFNOS/c1-8-2-4-10-13(6-8)22-15(14(10)18)16(21)20-12-5-3-9(17)7-11(12)19/h2-7H,1H3,(H,20,21). The van der Waals surface area contributed by atoms with Crippen LogP contribution in [0.4, 0.5) is 10.1 Å². The molecule has 0 atom stereocenters. The number of carbonyl (C=O) groups excluding carboxylic acids is 1. The molecule has 0 unspecified atom stereocenters. The third-order valence-electron chi connectivity index (χ3n) is 3.17. The van der Waals surface area contributed by atoms with E-state index in [1.54, 1.807) is 6.07 Å². The second-order valence-corrected chi connectivity index (χ2v) is 7.17. The van der Waals surface area contributed by atoms with E-state index in [2.05, 4.69) is 21.2 Å². The van der Waals surface area contributed by atoms with E-state index >= 15 is 0 Å². The number of amides is 1. The van der Waals surface area contributed by atoms with Crippen molar-refractivity contribution in [2.24, 2.45) is 0 Å². The van der Waals surface area contributed by atoms with Crippen molar-refractivity contribution in [2.75, 3.05) is 5.32 Å². The molecule has 0 aliphatic heterocycles. The zero-order valence-electron chi connectivity index (χ0n) is 11.4. The molecule has 1 N–H and O–H groups in total. The molecule has 0 saturated heterocycles. The molecule has 1 heterocycles. The van der Waals surface area contributed by atoms with Crippen LogP contribution in [0, 0.1) is 12.7 Å². The topological polar surface area (TPSA) is 29.1 Å². The Bertz CT molecular complexity index is 893. The molecule has 2 nitrogen and oxygen atoms in total. The molecule has 2 aromatic carbocycles. The Morgan fingerprint density at radius 1 is 1.27 bits per heavy atom. The molecule has 0 saturated carbocycles. The molecule has 3 rings (SSSR count). The van der Waals surface area contributed by atoms with Crippen LogP contribution in [0.15, 0.2) is 40.9 Å². The van der Waals surface area contributed by atoms with Gasteiger partial charge >= 0.3 is 0 Å². The number of fused-ring (bicyclic) bond motifs is 1. The quantitative estimate of drug-likeness (QED) is 0.562. The van der Waals surface area contributed by atoms with E-state index in [4.69, 9.17) is 11.6 Å². The maximum absolute atomic E-state index is 13.8. The number of carbonyl (C=O) groups is 1. The van der Waals surface area contributed by atoms with Gasteiger partial charge in [0.2, 0.25) is 0 Å². The van der Waals surface area contributed by atoms with Gasteiger partial charge in [0.1, 0.15) is 10.7 Å². The van der Waals surface area contributed by atoms with Crippen LogP contribution in [0.5, 0.6) is 0 Å². The van der Waals surface area contributed by atoms with Crippen molar-refractivity contribution in [2.45, 2.75) is 6.92 Å². The first-order valence-corrected chi connectivity index (χ1v) is 8.39. The van der Waals surface area contributed by atoms with E-state index in [1.807, 2.05) is 25.1 Å². The number of thiophene rings is 1. The van der Waals surface area contributed by atoms with Crippen LogP contribution in [0.2, 0.25) is 5.02 Å². The first kappa shape index (κ1) is 15.5. The van der Waals surface area contributed by atoms with E-state index in [0.29, 0.717) is 14.4 Å². The molecule has 0 radical (unpaired) electrons. The van der Waals surface area contributed by atoms with Gasteiger partial charge in [-0.2, -0.15) is 0 Å². The third kappa shape index (κ3) is 2.89. The molecular formula is C16H10BrClFNOS. The van der Waals surface area contributed by atoms with Crippen LogP contribution in [0.25, 0.3) is 10.1 Å². The molecule has 0 spiro atoms. The van der Waals surface area contributed by atoms with Crippen molar-refractivity contribution >= 4 is 60.5 Å². The number of aryl methyl sites for hydroxylation is 1. The summed E-state index contributed by atoms with van der Waals surface area (Å²) in [6, 6.07) is 10.3. The molecule has 0 bridgehead atoms. The van der Waals surface area contributed by atoms with Crippen molar-refractivity contribution < 1.29 is 9.18 Å². The normalized spacial score (nSPS) is 10.9. The van der Waals surface area contributed by atoms with E-state index in [0.717, 1.165) is 15.6 Å². The van der Waals surface area contributed by atoms with E-state index in [-0.39, 0.29) is 5.69 Å². The highest BCUT2D eigenvalue weighted by Gasteiger charge is 2.18. The van der Waals surface area contributed by atoms with Crippen LogP contribution in [-0.2, 0) is 0 Å². The van der Waals surface area contributed by atoms with Crippen LogP contribution in [0.3, 0.4) is 0 Å². The SMILES string of the molecule is Cc1ccc2c(Cl)c(C(=O)Nc3ccc(Br)cc3F)sc2c1. The molecule has 0 aliphatic rings. The minimum absolute atomic E-state index is 0.123. The molecule has 22 heavy (non-hydrogen) atoms. The van der Waals surface area contributed by atoms with E-state index < -0.39 is 11.7 Å². The number of anilines is 1. The van der Waals surface area contributed by atoms with Crippen molar-refractivity contribution in [3.63, 3.8) is 0 Å². The summed E-state index contributed by atoms with van der Waals surface area (Å²) < 4.78 is 15.4. The summed E-state index contributed by atoms with van der Waals surface area (Å²) in [5.41, 5.74) is 1.22. The number of benzene rings is 2. The second-order valence-electron chi connectivity index (χ2n) is 4.82. The van der Waals surface area contributed by atoms with Gasteiger partial charge < -0.3 is 5.32 Å².